The van der Waals surface area contributed by atoms with Gasteiger partial charge in [-0.25, -0.2) is 0 Å². The van der Waals surface area contributed by atoms with E-state index in [1.165, 1.54) is 42.9 Å². The van der Waals surface area contributed by atoms with Crippen LogP contribution >= 0.6 is 0 Å². The van der Waals surface area contributed by atoms with Gasteiger partial charge in [0.25, 0.3) is 0 Å². The quantitative estimate of drug-likeness (QED) is 0.938. The molecule has 112 valence electrons. The van der Waals surface area contributed by atoms with Gasteiger partial charge in [0.1, 0.15) is 11.3 Å². The number of likely N-dealkylation sites (tertiary alicyclic amines) is 1. The third-order valence-electron chi connectivity index (χ3n) is 5.43. The first kappa shape index (κ1) is 13.4. The molecule has 0 spiro atoms. The molecule has 21 heavy (non-hydrogen) atoms. The van der Waals surface area contributed by atoms with Crippen LogP contribution in [0.2, 0.25) is 0 Å². The zero-order valence-corrected chi connectivity index (χ0v) is 12.9. The van der Waals surface area contributed by atoms with Crippen LogP contribution in [0.15, 0.2) is 28.7 Å². The van der Waals surface area contributed by atoms with Crippen LogP contribution in [0.1, 0.15) is 31.2 Å². The third kappa shape index (κ3) is 2.11. The van der Waals surface area contributed by atoms with Crippen LogP contribution in [0.3, 0.4) is 0 Å². The van der Waals surface area contributed by atoms with Crippen molar-refractivity contribution in [1.82, 2.24) is 10.2 Å². The molecule has 1 unspecified atom stereocenters. The summed E-state index contributed by atoms with van der Waals surface area (Å²) in [6.07, 6.45) is 1.04. The van der Waals surface area contributed by atoms with Gasteiger partial charge in [0, 0.05) is 24.0 Å². The number of nitrogens with zero attached hydrogens (tertiary/aromatic N) is 1. The van der Waals surface area contributed by atoms with E-state index in [-0.39, 0.29) is 0 Å². The largest absolute Gasteiger partial charge is 0.459 e. The van der Waals surface area contributed by atoms with Crippen molar-refractivity contribution >= 4 is 11.0 Å². The first-order chi connectivity index (χ1) is 10.3. The number of hydrogen-bond acceptors (Lipinski definition) is 3. The zero-order valence-electron chi connectivity index (χ0n) is 12.9. The Morgan fingerprint density at radius 3 is 2.67 bits per heavy atom. The lowest BCUT2D eigenvalue weighted by atomic mass is 10.0. The van der Waals surface area contributed by atoms with Crippen molar-refractivity contribution in [2.75, 3.05) is 26.2 Å². The van der Waals surface area contributed by atoms with Crippen molar-refractivity contribution < 1.29 is 4.42 Å². The second kappa shape index (κ2) is 5.15. The molecule has 0 radical (unpaired) electrons. The molecule has 2 fully saturated rings. The van der Waals surface area contributed by atoms with Crippen LogP contribution in [0.25, 0.3) is 11.0 Å². The Balaban J connectivity index is 1.66. The monoisotopic (exact) mass is 284 g/mol. The Labute approximate surface area is 126 Å². The predicted octanol–water partition coefficient (Wildman–Crippen LogP) is 3.21. The van der Waals surface area contributed by atoms with E-state index in [4.69, 9.17) is 4.42 Å². The molecule has 2 aliphatic heterocycles. The molecular formula is C18H24N2O. The number of hydrogen-bond donors (Lipinski definition) is 1. The van der Waals surface area contributed by atoms with Crippen molar-refractivity contribution in [2.24, 2.45) is 11.8 Å². The van der Waals surface area contributed by atoms with E-state index in [1.54, 1.807) is 0 Å². The van der Waals surface area contributed by atoms with Crippen molar-refractivity contribution in [3.05, 3.63) is 35.6 Å². The van der Waals surface area contributed by atoms with Crippen LogP contribution in [0.4, 0.5) is 0 Å². The van der Waals surface area contributed by atoms with Crippen LogP contribution in [0.5, 0.6) is 0 Å². The lowest BCUT2D eigenvalue weighted by molar-refractivity contribution is 0.218. The fourth-order valence-electron chi connectivity index (χ4n) is 4.19. The van der Waals surface area contributed by atoms with Gasteiger partial charge in [-0.15, -0.1) is 0 Å². The summed E-state index contributed by atoms with van der Waals surface area (Å²) in [5.74, 6) is 2.86. The van der Waals surface area contributed by atoms with Gasteiger partial charge in [-0.05, 0) is 44.3 Å². The second-order valence-corrected chi connectivity index (χ2v) is 6.60. The highest BCUT2D eigenvalue weighted by Gasteiger charge is 2.39. The molecule has 0 aliphatic carbocycles. The van der Waals surface area contributed by atoms with Crippen LogP contribution in [-0.4, -0.2) is 31.1 Å². The summed E-state index contributed by atoms with van der Waals surface area (Å²) in [5, 5.41) is 4.81. The fraction of sp³-hybridized carbons (Fsp3) is 0.556. The normalized spacial score (nSPS) is 27.3. The zero-order chi connectivity index (χ0) is 14.4. The van der Waals surface area contributed by atoms with Crippen LogP contribution < -0.4 is 5.32 Å². The lowest BCUT2D eigenvalue weighted by Crippen LogP contribution is -2.28. The van der Waals surface area contributed by atoms with E-state index < -0.39 is 0 Å². The summed E-state index contributed by atoms with van der Waals surface area (Å²) in [6.45, 7) is 9.34. The van der Waals surface area contributed by atoms with Crippen molar-refractivity contribution in [3.63, 3.8) is 0 Å². The van der Waals surface area contributed by atoms with E-state index in [0.717, 1.165) is 23.8 Å². The SMILES string of the molecule is CCc1c(C(C)N2C[C@H]3CNC[C@H]3C2)oc2ccccc12. The van der Waals surface area contributed by atoms with Gasteiger partial charge in [0.05, 0.1) is 6.04 Å². The molecule has 0 saturated carbocycles. The fourth-order valence-corrected chi connectivity index (χ4v) is 4.19. The van der Waals surface area contributed by atoms with Gasteiger partial charge < -0.3 is 9.73 Å². The molecule has 2 saturated heterocycles. The molecule has 3 atom stereocenters. The van der Waals surface area contributed by atoms with E-state index in [9.17, 15) is 0 Å². The van der Waals surface area contributed by atoms with Gasteiger partial charge in [0.2, 0.25) is 0 Å². The smallest absolute Gasteiger partial charge is 0.134 e. The summed E-state index contributed by atoms with van der Waals surface area (Å²) in [5.41, 5.74) is 2.44. The Morgan fingerprint density at radius 1 is 1.24 bits per heavy atom. The van der Waals surface area contributed by atoms with Gasteiger partial charge in [-0.1, -0.05) is 25.1 Å². The van der Waals surface area contributed by atoms with E-state index in [1.807, 2.05) is 0 Å². The first-order valence-corrected chi connectivity index (χ1v) is 8.23. The Bertz CT molecular complexity index is 636. The Morgan fingerprint density at radius 2 is 1.95 bits per heavy atom. The molecule has 0 bridgehead atoms. The van der Waals surface area contributed by atoms with Gasteiger partial charge >= 0.3 is 0 Å². The van der Waals surface area contributed by atoms with Crippen molar-refractivity contribution in [1.29, 1.82) is 0 Å². The highest BCUT2D eigenvalue weighted by Crippen LogP contribution is 2.37. The predicted molar refractivity (Wildman–Crippen MR) is 85.4 cm³/mol. The first-order valence-electron chi connectivity index (χ1n) is 8.23. The molecule has 1 N–H and O–H groups in total. The Kier molecular flexibility index (Phi) is 3.27. The molecule has 3 heteroatoms. The number of furan rings is 1. The van der Waals surface area contributed by atoms with Crippen LogP contribution in [0, 0.1) is 11.8 Å². The third-order valence-corrected chi connectivity index (χ3v) is 5.43. The minimum Gasteiger partial charge on any atom is -0.459 e. The molecule has 0 amide bonds. The highest BCUT2D eigenvalue weighted by molar-refractivity contribution is 5.82. The van der Waals surface area contributed by atoms with Crippen molar-refractivity contribution in [2.45, 2.75) is 26.3 Å². The summed E-state index contributed by atoms with van der Waals surface area (Å²) in [6, 6.07) is 8.84. The van der Waals surface area contributed by atoms with Crippen molar-refractivity contribution in [3.8, 4) is 0 Å². The van der Waals surface area contributed by atoms with Crippen LogP contribution in [-0.2, 0) is 6.42 Å². The van der Waals surface area contributed by atoms with E-state index >= 15 is 0 Å². The van der Waals surface area contributed by atoms with E-state index in [2.05, 4.69) is 48.3 Å². The number of fused-ring (bicyclic) bond motifs is 2. The van der Waals surface area contributed by atoms with Gasteiger partial charge in [-0.2, -0.15) is 0 Å². The lowest BCUT2D eigenvalue weighted by Gasteiger charge is -2.24. The number of aryl methyl sites for hydroxylation is 1. The number of para-hydroxylation sites is 1. The van der Waals surface area contributed by atoms with Gasteiger partial charge in [0.15, 0.2) is 0 Å². The molecular weight excluding hydrogens is 260 g/mol. The highest BCUT2D eigenvalue weighted by atomic mass is 16.3. The standard InChI is InChI=1S/C18H24N2O/c1-3-15-16-6-4-5-7-17(16)21-18(15)12(2)20-10-13-8-19-9-14(13)11-20/h4-7,12-14,19H,3,8-11H2,1-2H3/t12?,13-,14+. The molecule has 2 aromatic rings. The molecule has 3 heterocycles. The molecule has 2 aliphatic rings. The second-order valence-electron chi connectivity index (χ2n) is 6.60. The average molecular weight is 284 g/mol. The van der Waals surface area contributed by atoms with E-state index in [0.29, 0.717) is 6.04 Å². The molecule has 1 aromatic heterocycles. The topological polar surface area (TPSA) is 28.4 Å². The molecule has 1 aromatic carbocycles. The number of benzene rings is 1. The maximum Gasteiger partial charge on any atom is 0.134 e. The average Bonchev–Trinajstić information content (AvgIpc) is 3.18. The molecule has 4 rings (SSSR count). The summed E-state index contributed by atoms with van der Waals surface area (Å²) in [7, 11) is 0. The summed E-state index contributed by atoms with van der Waals surface area (Å²) < 4.78 is 6.23. The maximum atomic E-state index is 6.23. The number of nitrogens with one attached hydrogen (secondary N) is 1. The number of rotatable bonds is 3. The summed E-state index contributed by atoms with van der Waals surface area (Å²) in [4.78, 5) is 2.62. The molecule has 3 nitrogen and oxygen atoms in total. The van der Waals surface area contributed by atoms with Gasteiger partial charge in [-0.3, -0.25) is 4.90 Å². The maximum absolute atomic E-state index is 6.23. The Hall–Kier alpha value is -1.32. The minimum absolute atomic E-state index is 0.387. The summed E-state index contributed by atoms with van der Waals surface area (Å²) >= 11 is 0. The minimum atomic E-state index is 0.387.